The lowest BCUT2D eigenvalue weighted by atomic mass is 10.0. The Balaban J connectivity index is 2.29. The first-order valence-corrected chi connectivity index (χ1v) is 4.52. The second-order valence-corrected chi connectivity index (χ2v) is 3.19. The average molecular weight is 177 g/mol. The summed E-state index contributed by atoms with van der Waals surface area (Å²) < 4.78 is 12.9. The van der Waals surface area contributed by atoms with Gasteiger partial charge in [-0.25, -0.2) is 4.39 Å². The monoisotopic (exact) mass is 177 g/mol. The minimum absolute atomic E-state index is 0.156. The lowest BCUT2D eigenvalue weighted by Gasteiger charge is -2.13. The molecule has 0 radical (unpaired) electrons. The molecule has 0 aliphatic carbocycles. The van der Waals surface area contributed by atoms with Crippen LogP contribution in [0.1, 0.15) is 12.0 Å². The molecule has 0 unspecified atom stereocenters. The van der Waals surface area contributed by atoms with Crippen LogP contribution in [0.25, 0.3) is 5.57 Å². The van der Waals surface area contributed by atoms with Crippen LogP contribution in [0.2, 0.25) is 0 Å². The minimum atomic E-state index is -0.156. The molecular weight excluding hydrogens is 165 g/mol. The van der Waals surface area contributed by atoms with Crippen molar-refractivity contribution < 1.29 is 4.39 Å². The van der Waals surface area contributed by atoms with Gasteiger partial charge in [0.2, 0.25) is 0 Å². The van der Waals surface area contributed by atoms with Crippen molar-refractivity contribution >= 4 is 5.57 Å². The highest BCUT2D eigenvalue weighted by molar-refractivity contribution is 5.66. The quantitative estimate of drug-likeness (QED) is 0.693. The predicted molar refractivity (Wildman–Crippen MR) is 51.9 cm³/mol. The largest absolute Gasteiger partial charge is 0.313 e. The summed E-state index contributed by atoms with van der Waals surface area (Å²) in [5, 5.41) is 3.23. The van der Waals surface area contributed by atoms with Gasteiger partial charge in [0.15, 0.2) is 0 Å². The first-order valence-electron chi connectivity index (χ1n) is 4.52. The lowest BCUT2D eigenvalue weighted by Crippen LogP contribution is -2.20. The predicted octanol–water partition coefficient (Wildman–Crippen LogP) is 2.20. The van der Waals surface area contributed by atoms with Crippen molar-refractivity contribution in [1.82, 2.24) is 5.32 Å². The first-order chi connectivity index (χ1) is 6.36. The Morgan fingerprint density at radius 1 is 1.31 bits per heavy atom. The van der Waals surface area contributed by atoms with Gasteiger partial charge in [0.05, 0.1) is 0 Å². The highest BCUT2D eigenvalue weighted by atomic mass is 19.1. The Morgan fingerprint density at radius 3 is 2.92 bits per heavy atom. The Hall–Kier alpha value is -1.15. The fraction of sp³-hybridized carbons (Fsp3) is 0.273. The molecule has 0 bridgehead atoms. The molecule has 0 saturated heterocycles. The molecule has 1 aromatic rings. The Morgan fingerprint density at radius 2 is 2.23 bits per heavy atom. The lowest BCUT2D eigenvalue weighted by molar-refractivity contribution is 0.627. The summed E-state index contributed by atoms with van der Waals surface area (Å²) in [5.74, 6) is -0.156. The molecule has 1 aliphatic heterocycles. The van der Waals surface area contributed by atoms with Crippen molar-refractivity contribution in [2.45, 2.75) is 6.42 Å². The maximum atomic E-state index is 12.9. The van der Waals surface area contributed by atoms with Crippen LogP contribution in [0.15, 0.2) is 30.3 Å². The van der Waals surface area contributed by atoms with E-state index in [1.165, 1.54) is 11.6 Å². The van der Waals surface area contributed by atoms with E-state index in [0.29, 0.717) is 0 Å². The number of nitrogens with one attached hydrogen (secondary N) is 1. The summed E-state index contributed by atoms with van der Waals surface area (Å²) in [5.41, 5.74) is 2.26. The third-order valence-corrected chi connectivity index (χ3v) is 2.26. The van der Waals surface area contributed by atoms with Crippen LogP contribution in [0.5, 0.6) is 0 Å². The molecule has 1 N–H and O–H groups in total. The minimum Gasteiger partial charge on any atom is -0.313 e. The molecule has 13 heavy (non-hydrogen) atoms. The van der Waals surface area contributed by atoms with Gasteiger partial charge in [-0.2, -0.15) is 0 Å². The fourth-order valence-electron chi connectivity index (χ4n) is 1.57. The smallest absolute Gasteiger partial charge is 0.123 e. The molecule has 2 heteroatoms. The van der Waals surface area contributed by atoms with Crippen LogP contribution in [-0.4, -0.2) is 13.1 Å². The van der Waals surface area contributed by atoms with E-state index in [1.807, 2.05) is 6.07 Å². The molecule has 0 saturated carbocycles. The number of hydrogen-bond acceptors (Lipinski definition) is 1. The van der Waals surface area contributed by atoms with Gasteiger partial charge in [-0.15, -0.1) is 0 Å². The van der Waals surface area contributed by atoms with Crippen LogP contribution in [0.3, 0.4) is 0 Å². The number of benzene rings is 1. The molecule has 1 aliphatic rings. The molecule has 0 fully saturated rings. The third kappa shape index (κ3) is 1.95. The third-order valence-electron chi connectivity index (χ3n) is 2.26. The van der Waals surface area contributed by atoms with Gasteiger partial charge in [-0.05, 0) is 36.2 Å². The molecule has 2 rings (SSSR count). The molecule has 0 atom stereocenters. The second kappa shape index (κ2) is 3.71. The van der Waals surface area contributed by atoms with Crippen molar-refractivity contribution in [3.8, 4) is 0 Å². The topological polar surface area (TPSA) is 12.0 Å². The number of halogens is 1. The zero-order valence-electron chi connectivity index (χ0n) is 7.39. The van der Waals surface area contributed by atoms with Crippen LogP contribution >= 0.6 is 0 Å². The van der Waals surface area contributed by atoms with Crippen molar-refractivity contribution in [2.75, 3.05) is 13.1 Å². The standard InChI is InChI=1S/C11H12FN/c12-11-3-1-2-10(8-11)9-4-6-13-7-5-9/h1-4,8,13H,5-7H2. The maximum Gasteiger partial charge on any atom is 0.123 e. The molecule has 1 heterocycles. The highest BCUT2D eigenvalue weighted by Crippen LogP contribution is 2.19. The van der Waals surface area contributed by atoms with E-state index in [4.69, 9.17) is 0 Å². The summed E-state index contributed by atoms with van der Waals surface area (Å²) in [6.07, 6.45) is 3.11. The zero-order chi connectivity index (χ0) is 9.10. The molecule has 0 amide bonds. The normalized spacial score (nSPS) is 16.8. The van der Waals surface area contributed by atoms with Crippen LogP contribution in [0.4, 0.5) is 4.39 Å². The molecule has 1 aromatic carbocycles. The number of rotatable bonds is 1. The summed E-state index contributed by atoms with van der Waals surface area (Å²) in [6.45, 7) is 1.88. The van der Waals surface area contributed by atoms with Crippen LogP contribution in [-0.2, 0) is 0 Å². The molecule has 68 valence electrons. The summed E-state index contributed by atoms with van der Waals surface area (Å²) >= 11 is 0. The van der Waals surface area contributed by atoms with Gasteiger partial charge >= 0.3 is 0 Å². The first kappa shape index (κ1) is 8.45. The SMILES string of the molecule is Fc1cccc(C2=CCNCC2)c1. The zero-order valence-corrected chi connectivity index (χ0v) is 7.39. The van der Waals surface area contributed by atoms with E-state index in [2.05, 4.69) is 11.4 Å². The van der Waals surface area contributed by atoms with E-state index >= 15 is 0 Å². The van der Waals surface area contributed by atoms with E-state index in [9.17, 15) is 4.39 Å². The Bertz CT molecular complexity index is 331. The van der Waals surface area contributed by atoms with E-state index in [-0.39, 0.29) is 5.82 Å². The Labute approximate surface area is 77.3 Å². The van der Waals surface area contributed by atoms with Crippen molar-refractivity contribution in [1.29, 1.82) is 0 Å². The fourth-order valence-corrected chi connectivity index (χ4v) is 1.57. The summed E-state index contributed by atoms with van der Waals surface area (Å²) in [6, 6.07) is 6.79. The van der Waals surface area contributed by atoms with Crippen LogP contribution < -0.4 is 5.32 Å². The van der Waals surface area contributed by atoms with Gasteiger partial charge in [0.25, 0.3) is 0 Å². The van der Waals surface area contributed by atoms with Crippen molar-refractivity contribution in [2.24, 2.45) is 0 Å². The van der Waals surface area contributed by atoms with Gasteiger partial charge < -0.3 is 5.32 Å². The van der Waals surface area contributed by atoms with E-state index < -0.39 is 0 Å². The van der Waals surface area contributed by atoms with Gasteiger partial charge in [-0.1, -0.05) is 18.2 Å². The van der Waals surface area contributed by atoms with Crippen molar-refractivity contribution in [3.63, 3.8) is 0 Å². The number of hydrogen-bond donors (Lipinski definition) is 1. The molecule has 0 spiro atoms. The van der Waals surface area contributed by atoms with Gasteiger partial charge in [0.1, 0.15) is 5.82 Å². The Kier molecular flexibility index (Phi) is 2.41. The van der Waals surface area contributed by atoms with Crippen molar-refractivity contribution in [3.05, 3.63) is 41.7 Å². The van der Waals surface area contributed by atoms with Gasteiger partial charge in [-0.3, -0.25) is 0 Å². The maximum absolute atomic E-state index is 12.9. The summed E-state index contributed by atoms with van der Waals surface area (Å²) in [4.78, 5) is 0. The average Bonchev–Trinajstić information content (AvgIpc) is 2.19. The summed E-state index contributed by atoms with van der Waals surface area (Å²) in [7, 11) is 0. The van der Waals surface area contributed by atoms with Gasteiger partial charge in [0, 0.05) is 6.54 Å². The molecule has 0 aromatic heterocycles. The second-order valence-electron chi connectivity index (χ2n) is 3.19. The highest BCUT2D eigenvalue weighted by Gasteiger charge is 2.05. The van der Waals surface area contributed by atoms with E-state index in [0.717, 1.165) is 25.1 Å². The van der Waals surface area contributed by atoms with Crippen LogP contribution in [0, 0.1) is 5.82 Å². The molecule has 1 nitrogen and oxygen atoms in total. The van der Waals surface area contributed by atoms with E-state index in [1.54, 1.807) is 12.1 Å². The molecular formula is C11H12FN.